The second-order valence-electron chi connectivity index (χ2n) is 8.24. The van der Waals surface area contributed by atoms with Crippen molar-refractivity contribution in [3.05, 3.63) is 87.2 Å². The van der Waals surface area contributed by atoms with Crippen molar-refractivity contribution in [2.75, 3.05) is 13.7 Å². The van der Waals surface area contributed by atoms with Crippen molar-refractivity contribution in [1.82, 2.24) is 14.8 Å². The van der Waals surface area contributed by atoms with E-state index in [9.17, 15) is 19.7 Å². The Kier molecular flexibility index (Phi) is 7.09. The van der Waals surface area contributed by atoms with E-state index < -0.39 is 23.4 Å². The number of methoxy groups -OCH3 is 1. The van der Waals surface area contributed by atoms with E-state index in [4.69, 9.17) is 9.47 Å². The first kappa shape index (κ1) is 24.6. The van der Waals surface area contributed by atoms with Crippen molar-refractivity contribution in [3.63, 3.8) is 0 Å². The average Bonchev–Trinajstić information content (AvgIpc) is 3.44. The summed E-state index contributed by atoms with van der Waals surface area (Å²) in [5.41, 5.74) is 2.78. The fraction of sp³-hybridized carbons (Fsp3) is 0.280. The molecule has 0 N–H and O–H groups in total. The monoisotopic (exact) mass is 491 g/mol. The van der Waals surface area contributed by atoms with Gasteiger partial charge in [-0.25, -0.2) is 5.01 Å². The first-order chi connectivity index (χ1) is 17.3. The Morgan fingerprint density at radius 3 is 2.42 bits per heavy atom. The number of nitro groups is 1. The van der Waals surface area contributed by atoms with Crippen LogP contribution in [0.4, 0.5) is 5.69 Å². The number of hydrogen-bond acceptors (Lipinski definition) is 8. The van der Waals surface area contributed by atoms with Crippen molar-refractivity contribution >= 4 is 23.3 Å². The fourth-order valence-corrected chi connectivity index (χ4v) is 4.11. The third-order valence-electron chi connectivity index (χ3n) is 5.93. The van der Waals surface area contributed by atoms with Crippen LogP contribution in [-0.2, 0) is 20.9 Å². The Balaban J connectivity index is 1.48. The van der Waals surface area contributed by atoms with E-state index in [0.717, 1.165) is 16.8 Å². The maximum Gasteiger partial charge on any atom is 0.328 e. The molecule has 1 amide bonds. The van der Waals surface area contributed by atoms with Crippen molar-refractivity contribution in [1.29, 1.82) is 0 Å². The Morgan fingerprint density at radius 1 is 1.11 bits per heavy atom. The molecule has 0 saturated heterocycles. The molecule has 36 heavy (non-hydrogen) atoms. The number of benzene rings is 2. The summed E-state index contributed by atoms with van der Waals surface area (Å²) in [5.74, 6) is -0.539. The lowest BCUT2D eigenvalue weighted by Gasteiger charge is -2.22. The SMILES string of the molecule is COc1ccc(C2CC(c3ccccc3)=NN2C(=O)COC(=O)Cn2nc(C)c([N+](=O)[O-])c2C)cc1. The highest BCUT2D eigenvalue weighted by Gasteiger charge is 2.33. The molecule has 2 heterocycles. The van der Waals surface area contributed by atoms with Gasteiger partial charge in [-0.05, 0) is 37.1 Å². The number of aryl methyl sites for hydroxylation is 1. The summed E-state index contributed by atoms with van der Waals surface area (Å²) in [7, 11) is 1.58. The lowest BCUT2D eigenvalue weighted by atomic mass is 9.98. The van der Waals surface area contributed by atoms with Crippen LogP contribution < -0.4 is 4.74 Å². The van der Waals surface area contributed by atoms with Crippen LogP contribution >= 0.6 is 0 Å². The number of carbonyl (C=O) groups excluding carboxylic acids is 2. The number of carbonyl (C=O) groups is 2. The van der Waals surface area contributed by atoms with Crippen molar-refractivity contribution in [2.45, 2.75) is 32.9 Å². The van der Waals surface area contributed by atoms with Gasteiger partial charge in [0.15, 0.2) is 6.61 Å². The van der Waals surface area contributed by atoms with E-state index in [-0.39, 0.29) is 29.7 Å². The molecular formula is C25H25N5O6. The highest BCUT2D eigenvalue weighted by atomic mass is 16.6. The van der Waals surface area contributed by atoms with Crippen LogP contribution in [0.25, 0.3) is 0 Å². The Labute approximate surface area is 207 Å². The molecule has 11 heteroatoms. The zero-order valence-corrected chi connectivity index (χ0v) is 20.1. The van der Waals surface area contributed by atoms with Crippen molar-refractivity contribution in [3.8, 4) is 5.75 Å². The number of ether oxygens (including phenoxy) is 2. The van der Waals surface area contributed by atoms with E-state index in [1.165, 1.54) is 23.5 Å². The van der Waals surface area contributed by atoms with Gasteiger partial charge in [-0.2, -0.15) is 10.2 Å². The molecule has 0 aliphatic carbocycles. The van der Waals surface area contributed by atoms with E-state index in [0.29, 0.717) is 12.2 Å². The molecule has 186 valence electrons. The van der Waals surface area contributed by atoms with E-state index in [2.05, 4.69) is 10.2 Å². The minimum absolute atomic E-state index is 0.152. The van der Waals surface area contributed by atoms with Gasteiger partial charge in [-0.3, -0.25) is 24.4 Å². The molecule has 1 atom stereocenters. The Hall–Kier alpha value is -4.54. The summed E-state index contributed by atoms with van der Waals surface area (Å²) in [6.45, 7) is 2.11. The first-order valence-corrected chi connectivity index (χ1v) is 11.2. The van der Waals surface area contributed by atoms with Gasteiger partial charge in [0.05, 0.1) is 23.8 Å². The number of hydrogen-bond donors (Lipinski definition) is 0. The van der Waals surface area contributed by atoms with Crippen LogP contribution in [0.5, 0.6) is 5.75 Å². The molecule has 3 aromatic rings. The molecule has 0 fully saturated rings. The van der Waals surface area contributed by atoms with Crippen molar-refractivity contribution in [2.24, 2.45) is 5.10 Å². The van der Waals surface area contributed by atoms with Crippen LogP contribution in [-0.4, -0.2) is 51.0 Å². The van der Waals surface area contributed by atoms with Gasteiger partial charge in [-0.1, -0.05) is 42.5 Å². The molecule has 0 spiro atoms. The Bertz CT molecular complexity index is 1320. The predicted molar refractivity (Wildman–Crippen MR) is 129 cm³/mol. The van der Waals surface area contributed by atoms with Crippen molar-refractivity contribution < 1.29 is 24.0 Å². The molecule has 11 nitrogen and oxygen atoms in total. The van der Waals surface area contributed by atoms with Gasteiger partial charge in [0.25, 0.3) is 5.91 Å². The largest absolute Gasteiger partial charge is 0.497 e. The summed E-state index contributed by atoms with van der Waals surface area (Å²) in [5, 5.41) is 21.1. The molecule has 1 aromatic heterocycles. The summed E-state index contributed by atoms with van der Waals surface area (Å²) >= 11 is 0. The molecule has 1 aliphatic heterocycles. The maximum absolute atomic E-state index is 13.1. The number of esters is 1. The van der Waals surface area contributed by atoms with Crippen LogP contribution in [0, 0.1) is 24.0 Å². The zero-order valence-electron chi connectivity index (χ0n) is 20.1. The molecular weight excluding hydrogens is 466 g/mol. The van der Waals surface area contributed by atoms with Gasteiger partial charge in [-0.15, -0.1) is 0 Å². The molecule has 1 aliphatic rings. The minimum atomic E-state index is -0.740. The maximum atomic E-state index is 13.1. The zero-order chi connectivity index (χ0) is 25.8. The van der Waals surface area contributed by atoms with E-state index >= 15 is 0 Å². The molecule has 0 saturated carbocycles. The van der Waals surface area contributed by atoms with Gasteiger partial charge < -0.3 is 9.47 Å². The lowest BCUT2D eigenvalue weighted by Crippen LogP contribution is -2.32. The minimum Gasteiger partial charge on any atom is -0.497 e. The summed E-state index contributed by atoms with van der Waals surface area (Å²) in [6.07, 6.45) is 0.492. The highest BCUT2D eigenvalue weighted by molar-refractivity contribution is 6.03. The molecule has 0 radical (unpaired) electrons. The molecule has 2 aromatic carbocycles. The van der Waals surface area contributed by atoms with Gasteiger partial charge in [0.2, 0.25) is 0 Å². The third-order valence-corrected chi connectivity index (χ3v) is 5.93. The smallest absolute Gasteiger partial charge is 0.328 e. The normalized spacial score (nSPS) is 14.9. The summed E-state index contributed by atoms with van der Waals surface area (Å²) < 4.78 is 11.6. The molecule has 0 bridgehead atoms. The van der Waals surface area contributed by atoms with Gasteiger partial charge >= 0.3 is 11.7 Å². The van der Waals surface area contributed by atoms with Crippen LogP contribution in [0.15, 0.2) is 59.7 Å². The number of rotatable bonds is 8. The second-order valence-corrected chi connectivity index (χ2v) is 8.24. The predicted octanol–water partition coefficient (Wildman–Crippen LogP) is 3.34. The first-order valence-electron chi connectivity index (χ1n) is 11.2. The van der Waals surface area contributed by atoms with E-state index in [1.54, 1.807) is 7.11 Å². The topological polar surface area (TPSA) is 129 Å². The quantitative estimate of drug-likeness (QED) is 0.268. The van der Waals surface area contributed by atoms with Gasteiger partial charge in [0.1, 0.15) is 23.7 Å². The summed E-state index contributed by atoms with van der Waals surface area (Å²) in [6, 6.07) is 16.5. The summed E-state index contributed by atoms with van der Waals surface area (Å²) in [4.78, 5) is 36.2. The lowest BCUT2D eigenvalue weighted by molar-refractivity contribution is -0.386. The average molecular weight is 492 g/mol. The molecule has 4 rings (SSSR count). The number of nitrogens with zero attached hydrogens (tertiary/aromatic N) is 5. The van der Waals surface area contributed by atoms with Crippen LogP contribution in [0.3, 0.4) is 0 Å². The van der Waals surface area contributed by atoms with Crippen LogP contribution in [0.1, 0.15) is 35.0 Å². The second kappa shape index (κ2) is 10.4. The third kappa shape index (κ3) is 5.09. The molecule has 1 unspecified atom stereocenters. The standard InChI is InChI=1S/C25H25N5O6/c1-16-25(30(33)34)17(2)28(26-16)14-24(32)36-15-23(31)29-22(19-9-11-20(35-3)12-10-19)13-21(27-29)18-7-5-4-6-8-18/h4-12,22H,13-15H2,1-3H3. The fourth-order valence-electron chi connectivity index (χ4n) is 4.11. The van der Waals surface area contributed by atoms with Gasteiger partial charge in [0, 0.05) is 6.42 Å². The number of amides is 1. The number of hydrazone groups is 1. The van der Waals surface area contributed by atoms with Crippen LogP contribution in [0.2, 0.25) is 0 Å². The number of aromatic nitrogens is 2. The van der Waals surface area contributed by atoms with E-state index in [1.807, 2.05) is 54.6 Å². The Morgan fingerprint density at radius 2 is 1.81 bits per heavy atom. The highest BCUT2D eigenvalue weighted by Crippen LogP contribution is 2.33.